The number of hydrogen-bond acceptors (Lipinski definition) is 4. The van der Waals surface area contributed by atoms with Gasteiger partial charge in [-0.25, -0.2) is 0 Å². The Bertz CT molecular complexity index is 706. The zero-order chi connectivity index (χ0) is 18.0. The third kappa shape index (κ3) is 4.52. The van der Waals surface area contributed by atoms with E-state index >= 15 is 0 Å². The van der Waals surface area contributed by atoms with E-state index in [-0.39, 0.29) is 11.1 Å². The topological polar surface area (TPSA) is 46.6 Å². The van der Waals surface area contributed by atoms with E-state index in [1.54, 1.807) is 7.11 Å². The van der Waals surface area contributed by atoms with Gasteiger partial charge in [-0.3, -0.25) is 14.5 Å². The maximum absolute atomic E-state index is 12.7. The first-order valence-electron chi connectivity index (χ1n) is 8.28. The lowest BCUT2D eigenvalue weighted by atomic mass is 9.89. The fourth-order valence-electron chi connectivity index (χ4n) is 3.29. The van der Waals surface area contributed by atoms with Gasteiger partial charge in [0.05, 0.1) is 19.2 Å². The van der Waals surface area contributed by atoms with Crippen LogP contribution in [-0.4, -0.2) is 29.7 Å². The number of carbonyl (C=O) groups excluding carboxylic acids is 2. The van der Waals surface area contributed by atoms with Crippen molar-refractivity contribution in [3.8, 4) is 5.75 Å². The smallest absolute Gasteiger partial charge is 0.293 e. The van der Waals surface area contributed by atoms with Crippen LogP contribution in [0.5, 0.6) is 5.75 Å². The molecule has 2 fully saturated rings. The van der Waals surface area contributed by atoms with Crippen LogP contribution in [0.1, 0.15) is 37.7 Å². The first-order chi connectivity index (χ1) is 12.0. The van der Waals surface area contributed by atoms with Crippen LogP contribution in [0, 0.1) is 13.1 Å². The summed E-state index contributed by atoms with van der Waals surface area (Å²) in [5.74, 6) is 1.15. The Hall–Kier alpha value is -0.290. The summed E-state index contributed by atoms with van der Waals surface area (Å²) in [5.41, 5.74) is 0.915. The zero-order valence-electron chi connectivity index (χ0n) is 13.9. The monoisotopic (exact) mass is 583 g/mol. The number of thioether (sulfide) groups is 1. The minimum atomic E-state index is -0.151. The molecule has 0 aromatic heterocycles. The number of halogens is 2. The van der Waals surface area contributed by atoms with Gasteiger partial charge in [-0.2, -0.15) is 0 Å². The van der Waals surface area contributed by atoms with E-state index < -0.39 is 0 Å². The summed E-state index contributed by atoms with van der Waals surface area (Å²) in [6.07, 6.45) is 7.74. The Kier molecular flexibility index (Phi) is 6.70. The van der Waals surface area contributed by atoms with Gasteiger partial charge in [-0.1, -0.05) is 19.3 Å². The molecule has 1 heterocycles. The number of carbonyl (C=O) groups is 2. The van der Waals surface area contributed by atoms with Crippen molar-refractivity contribution < 1.29 is 14.3 Å². The highest BCUT2D eigenvalue weighted by atomic mass is 127. The van der Waals surface area contributed by atoms with Gasteiger partial charge >= 0.3 is 0 Å². The second-order valence-corrected chi connectivity index (χ2v) is 9.63. The molecule has 1 aromatic rings. The first kappa shape index (κ1) is 19.5. The van der Waals surface area contributed by atoms with Crippen molar-refractivity contribution in [3.05, 3.63) is 29.7 Å². The number of benzene rings is 1. The standard InChI is InChI=1S/C18H19I2NO3S/c1-24-16-13(19)7-12(8-14(16)20)9-15-17(22)21(18(23)25-15)10-11-5-3-2-4-6-11/h7-9,11H,2-6,10H2,1H3/b15-9+. The third-order valence-electron chi connectivity index (χ3n) is 4.56. The van der Waals surface area contributed by atoms with Gasteiger partial charge in [0, 0.05) is 6.54 Å². The van der Waals surface area contributed by atoms with E-state index in [1.807, 2.05) is 18.2 Å². The van der Waals surface area contributed by atoms with Gasteiger partial charge < -0.3 is 4.74 Å². The van der Waals surface area contributed by atoms with E-state index in [2.05, 4.69) is 45.2 Å². The maximum atomic E-state index is 12.7. The summed E-state index contributed by atoms with van der Waals surface area (Å²) in [6.45, 7) is 0.569. The number of ether oxygens (including phenoxy) is 1. The van der Waals surface area contributed by atoms with Crippen molar-refractivity contribution in [2.75, 3.05) is 13.7 Å². The van der Waals surface area contributed by atoms with Crippen molar-refractivity contribution in [3.63, 3.8) is 0 Å². The summed E-state index contributed by atoms with van der Waals surface area (Å²) in [5, 5.41) is -0.139. The molecule has 0 radical (unpaired) electrons. The summed E-state index contributed by atoms with van der Waals surface area (Å²) in [4.78, 5) is 26.9. The van der Waals surface area contributed by atoms with Crippen LogP contribution in [0.3, 0.4) is 0 Å². The lowest BCUT2D eigenvalue weighted by Crippen LogP contribution is -2.34. The van der Waals surface area contributed by atoms with Crippen LogP contribution in [0.25, 0.3) is 6.08 Å². The largest absolute Gasteiger partial charge is 0.495 e. The van der Waals surface area contributed by atoms with Crippen molar-refractivity contribution in [1.29, 1.82) is 0 Å². The average Bonchev–Trinajstić information content (AvgIpc) is 2.83. The fraction of sp³-hybridized carbons (Fsp3) is 0.444. The van der Waals surface area contributed by atoms with Crippen molar-refractivity contribution >= 4 is 74.2 Å². The molecule has 0 atom stereocenters. The van der Waals surface area contributed by atoms with Gasteiger partial charge in [0.2, 0.25) is 0 Å². The normalized spacial score (nSPS) is 20.6. The molecular weight excluding hydrogens is 564 g/mol. The van der Waals surface area contributed by atoms with Crippen molar-refractivity contribution in [2.24, 2.45) is 5.92 Å². The van der Waals surface area contributed by atoms with Gasteiger partial charge in [-0.15, -0.1) is 0 Å². The highest BCUT2D eigenvalue weighted by Gasteiger charge is 2.36. The Balaban J connectivity index is 1.78. The molecule has 25 heavy (non-hydrogen) atoms. The summed E-state index contributed by atoms with van der Waals surface area (Å²) < 4.78 is 7.34. The highest BCUT2D eigenvalue weighted by molar-refractivity contribution is 14.1. The van der Waals surface area contributed by atoms with Crippen LogP contribution >= 0.6 is 56.9 Å². The molecule has 0 spiro atoms. The van der Waals surface area contributed by atoms with Gasteiger partial charge in [0.15, 0.2) is 0 Å². The van der Waals surface area contributed by atoms with Crippen molar-refractivity contribution in [2.45, 2.75) is 32.1 Å². The first-order valence-corrected chi connectivity index (χ1v) is 11.3. The molecule has 4 nitrogen and oxygen atoms in total. The third-order valence-corrected chi connectivity index (χ3v) is 7.07. The average molecular weight is 583 g/mol. The van der Waals surface area contributed by atoms with E-state index in [1.165, 1.54) is 24.2 Å². The van der Waals surface area contributed by atoms with E-state index in [4.69, 9.17) is 4.74 Å². The van der Waals surface area contributed by atoms with Crippen LogP contribution in [0.4, 0.5) is 4.79 Å². The summed E-state index contributed by atoms with van der Waals surface area (Å²) in [6, 6.07) is 3.94. The van der Waals surface area contributed by atoms with Gasteiger partial charge in [0.1, 0.15) is 5.75 Å². The number of nitrogens with zero attached hydrogens (tertiary/aromatic N) is 1. The lowest BCUT2D eigenvalue weighted by molar-refractivity contribution is -0.123. The molecule has 1 saturated heterocycles. The summed E-state index contributed by atoms with van der Waals surface area (Å²) in [7, 11) is 1.65. The zero-order valence-corrected chi connectivity index (χ0v) is 19.0. The highest BCUT2D eigenvalue weighted by Crippen LogP contribution is 2.36. The van der Waals surface area contributed by atoms with Crippen molar-refractivity contribution in [1.82, 2.24) is 4.90 Å². The quantitative estimate of drug-likeness (QED) is 0.346. The Labute approximate surface area is 179 Å². The minimum Gasteiger partial charge on any atom is -0.495 e. The van der Waals surface area contributed by atoms with Gasteiger partial charge in [0.25, 0.3) is 11.1 Å². The fourth-order valence-corrected chi connectivity index (χ4v) is 6.40. The number of hydrogen-bond donors (Lipinski definition) is 0. The molecule has 1 saturated carbocycles. The molecular formula is C18H19I2NO3S. The number of rotatable bonds is 4. The van der Waals surface area contributed by atoms with Crippen LogP contribution in [0.2, 0.25) is 0 Å². The second-order valence-electron chi connectivity index (χ2n) is 6.31. The molecule has 1 aliphatic carbocycles. The molecule has 1 aromatic carbocycles. The molecule has 3 rings (SSSR count). The Morgan fingerprint density at radius 1 is 1.20 bits per heavy atom. The van der Waals surface area contributed by atoms with Crippen LogP contribution < -0.4 is 4.74 Å². The van der Waals surface area contributed by atoms with Crippen LogP contribution in [-0.2, 0) is 4.79 Å². The molecule has 0 unspecified atom stereocenters. The number of amides is 2. The number of imide groups is 1. The summed E-state index contributed by atoms with van der Waals surface area (Å²) >= 11 is 5.49. The lowest BCUT2D eigenvalue weighted by Gasteiger charge is -2.25. The predicted molar refractivity (Wildman–Crippen MR) is 118 cm³/mol. The van der Waals surface area contributed by atoms with E-state index in [0.717, 1.165) is 43.1 Å². The predicted octanol–water partition coefficient (Wildman–Crippen LogP) is 5.52. The second kappa shape index (κ2) is 8.60. The van der Waals surface area contributed by atoms with Gasteiger partial charge in [-0.05, 0) is 99.5 Å². The maximum Gasteiger partial charge on any atom is 0.293 e. The molecule has 1 aliphatic heterocycles. The Morgan fingerprint density at radius 2 is 1.84 bits per heavy atom. The molecule has 7 heteroatoms. The molecule has 134 valence electrons. The Morgan fingerprint density at radius 3 is 2.44 bits per heavy atom. The molecule has 2 amide bonds. The van der Waals surface area contributed by atoms with E-state index in [9.17, 15) is 9.59 Å². The molecule has 0 N–H and O–H groups in total. The molecule has 0 bridgehead atoms. The SMILES string of the molecule is COc1c(I)cc(/C=C2/SC(=O)N(CC3CCCCC3)C2=O)cc1I. The number of methoxy groups -OCH3 is 1. The molecule has 2 aliphatic rings. The van der Waals surface area contributed by atoms with E-state index in [0.29, 0.717) is 17.4 Å². The van der Waals surface area contributed by atoms with Crippen LogP contribution in [0.15, 0.2) is 17.0 Å². The minimum absolute atomic E-state index is 0.139.